The van der Waals surface area contributed by atoms with Gasteiger partial charge in [-0.15, -0.1) is 0 Å². The molecule has 0 aliphatic carbocycles. The van der Waals surface area contributed by atoms with Gasteiger partial charge in [0.15, 0.2) is 0 Å². The highest BCUT2D eigenvalue weighted by Gasteiger charge is 2.24. The second-order valence-corrected chi connectivity index (χ2v) is 5.99. The first-order valence-electron chi connectivity index (χ1n) is 7.92. The van der Waals surface area contributed by atoms with Crippen molar-refractivity contribution < 1.29 is 4.79 Å². The quantitative estimate of drug-likeness (QED) is 0.892. The number of rotatable bonds is 2. The van der Waals surface area contributed by atoms with Crippen LogP contribution in [0.15, 0.2) is 48.5 Å². The first-order valence-corrected chi connectivity index (χ1v) is 7.92. The van der Waals surface area contributed by atoms with Crippen molar-refractivity contribution in [3.63, 3.8) is 0 Å². The number of amides is 1. The molecule has 1 heterocycles. The van der Waals surface area contributed by atoms with Crippen molar-refractivity contribution in [1.82, 2.24) is 5.32 Å². The predicted octanol–water partition coefficient (Wildman–Crippen LogP) is 3.98. The smallest absolute Gasteiger partial charge is 0.223 e. The van der Waals surface area contributed by atoms with E-state index in [0.717, 1.165) is 19.4 Å². The molecule has 1 aliphatic rings. The number of carbonyl (C=O) groups is 1. The third kappa shape index (κ3) is 4.45. The standard InChI is InChI=1S/C12H15NO.C8H10/c1-9-4-2-3-5-10(9)8-11-6-7-13-12(11)14;1-7-5-3-4-6-8(7)2/h2-5,11H,6-8H2,1H3,(H,13,14);3-6H,1-2H3. The number of hydrogen-bond acceptors (Lipinski definition) is 1. The monoisotopic (exact) mass is 295 g/mol. The fourth-order valence-corrected chi connectivity index (χ4v) is 2.61. The zero-order valence-corrected chi connectivity index (χ0v) is 13.7. The van der Waals surface area contributed by atoms with Crippen LogP contribution in [0.25, 0.3) is 0 Å². The van der Waals surface area contributed by atoms with Crippen LogP contribution in [-0.2, 0) is 11.2 Å². The highest BCUT2D eigenvalue weighted by molar-refractivity contribution is 5.80. The molecule has 0 aromatic heterocycles. The van der Waals surface area contributed by atoms with Crippen LogP contribution in [0.2, 0.25) is 0 Å². The van der Waals surface area contributed by atoms with E-state index >= 15 is 0 Å². The molecule has 1 unspecified atom stereocenters. The molecule has 2 aromatic rings. The van der Waals surface area contributed by atoms with E-state index in [2.05, 4.69) is 62.5 Å². The highest BCUT2D eigenvalue weighted by atomic mass is 16.2. The molecule has 0 radical (unpaired) electrons. The number of carbonyl (C=O) groups excluding carboxylic acids is 1. The molecule has 1 atom stereocenters. The zero-order chi connectivity index (χ0) is 15.9. The van der Waals surface area contributed by atoms with Gasteiger partial charge >= 0.3 is 0 Å². The Hall–Kier alpha value is -2.09. The maximum Gasteiger partial charge on any atom is 0.223 e. The molecule has 0 bridgehead atoms. The molecule has 2 heteroatoms. The van der Waals surface area contributed by atoms with E-state index in [0.29, 0.717) is 0 Å². The van der Waals surface area contributed by atoms with Crippen molar-refractivity contribution >= 4 is 5.91 Å². The first-order chi connectivity index (χ1) is 10.6. The summed E-state index contributed by atoms with van der Waals surface area (Å²) in [5.41, 5.74) is 5.32. The minimum absolute atomic E-state index is 0.191. The van der Waals surface area contributed by atoms with Crippen LogP contribution in [0.4, 0.5) is 0 Å². The summed E-state index contributed by atoms with van der Waals surface area (Å²) in [6.45, 7) is 7.18. The highest BCUT2D eigenvalue weighted by Crippen LogP contribution is 2.18. The summed E-state index contributed by atoms with van der Waals surface area (Å²) < 4.78 is 0. The summed E-state index contributed by atoms with van der Waals surface area (Å²) in [4.78, 5) is 11.4. The molecular weight excluding hydrogens is 270 g/mol. The van der Waals surface area contributed by atoms with Crippen LogP contribution >= 0.6 is 0 Å². The molecule has 0 spiro atoms. The van der Waals surface area contributed by atoms with Gasteiger partial charge in [-0.2, -0.15) is 0 Å². The summed E-state index contributed by atoms with van der Waals surface area (Å²) in [6.07, 6.45) is 1.87. The molecule has 3 rings (SSSR count). The van der Waals surface area contributed by atoms with Gasteiger partial charge in [-0.05, 0) is 55.9 Å². The Morgan fingerprint density at radius 1 is 0.909 bits per heavy atom. The molecule has 2 nitrogen and oxygen atoms in total. The van der Waals surface area contributed by atoms with E-state index in [1.54, 1.807) is 0 Å². The van der Waals surface area contributed by atoms with E-state index in [1.807, 2.05) is 12.1 Å². The van der Waals surface area contributed by atoms with Crippen molar-refractivity contribution in [3.05, 3.63) is 70.8 Å². The number of aryl methyl sites for hydroxylation is 3. The predicted molar refractivity (Wildman–Crippen MR) is 91.9 cm³/mol. The largest absolute Gasteiger partial charge is 0.356 e. The van der Waals surface area contributed by atoms with Crippen LogP contribution < -0.4 is 5.32 Å². The molecule has 2 aromatic carbocycles. The molecule has 1 aliphatic heterocycles. The summed E-state index contributed by atoms with van der Waals surface area (Å²) in [5.74, 6) is 0.407. The van der Waals surface area contributed by atoms with Crippen LogP contribution in [0.5, 0.6) is 0 Å². The lowest BCUT2D eigenvalue weighted by atomic mass is 9.95. The molecule has 1 N–H and O–H groups in total. The second-order valence-electron chi connectivity index (χ2n) is 5.99. The normalized spacial score (nSPS) is 16.7. The van der Waals surface area contributed by atoms with Gasteiger partial charge in [-0.25, -0.2) is 0 Å². The maximum absolute atomic E-state index is 11.4. The average Bonchev–Trinajstić information content (AvgIpc) is 2.91. The summed E-state index contributed by atoms with van der Waals surface area (Å²) >= 11 is 0. The Balaban J connectivity index is 0.000000188. The van der Waals surface area contributed by atoms with E-state index in [-0.39, 0.29) is 11.8 Å². The maximum atomic E-state index is 11.4. The Labute approximate surface area is 133 Å². The van der Waals surface area contributed by atoms with Crippen LogP contribution in [0.1, 0.15) is 28.7 Å². The van der Waals surface area contributed by atoms with Gasteiger partial charge < -0.3 is 5.32 Å². The molecule has 116 valence electrons. The number of benzene rings is 2. The van der Waals surface area contributed by atoms with Crippen LogP contribution in [0, 0.1) is 26.7 Å². The summed E-state index contributed by atoms with van der Waals surface area (Å²) in [5, 5.41) is 2.87. The van der Waals surface area contributed by atoms with E-state index in [1.165, 1.54) is 22.3 Å². The average molecular weight is 295 g/mol. The number of nitrogens with one attached hydrogen (secondary N) is 1. The van der Waals surface area contributed by atoms with Gasteiger partial charge in [0.1, 0.15) is 0 Å². The van der Waals surface area contributed by atoms with Gasteiger partial charge in [0, 0.05) is 12.5 Å². The van der Waals surface area contributed by atoms with Gasteiger partial charge in [0.05, 0.1) is 0 Å². The molecule has 1 fully saturated rings. The molecule has 0 saturated carbocycles. The van der Waals surface area contributed by atoms with Crippen LogP contribution in [0.3, 0.4) is 0 Å². The lowest BCUT2D eigenvalue weighted by Gasteiger charge is -2.08. The van der Waals surface area contributed by atoms with Gasteiger partial charge in [0.25, 0.3) is 0 Å². The van der Waals surface area contributed by atoms with E-state index < -0.39 is 0 Å². The SMILES string of the molecule is Cc1ccccc1C.Cc1ccccc1CC1CCNC1=O. The Kier molecular flexibility index (Phi) is 5.76. The van der Waals surface area contributed by atoms with E-state index in [4.69, 9.17) is 0 Å². The van der Waals surface area contributed by atoms with Gasteiger partial charge in [0.2, 0.25) is 5.91 Å². The minimum Gasteiger partial charge on any atom is -0.356 e. The minimum atomic E-state index is 0.191. The van der Waals surface area contributed by atoms with Crippen molar-refractivity contribution in [2.24, 2.45) is 5.92 Å². The van der Waals surface area contributed by atoms with Crippen molar-refractivity contribution in [2.75, 3.05) is 6.54 Å². The lowest BCUT2D eigenvalue weighted by Crippen LogP contribution is -2.20. The fraction of sp³-hybridized carbons (Fsp3) is 0.350. The van der Waals surface area contributed by atoms with Crippen molar-refractivity contribution in [1.29, 1.82) is 0 Å². The number of hydrogen-bond donors (Lipinski definition) is 1. The molecular formula is C20H25NO. The Morgan fingerprint density at radius 2 is 1.45 bits per heavy atom. The van der Waals surface area contributed by atoms with E-state index in [9.17, 15) is 4.79 Å². The first kappa shape index (κ1) is 16.3. The lowest BCUT2D eigenvalue weighted by molar-refractivity contribution is -0.122. The molecule has 1 saturated heterocycles. The van der Waals surface area contributed by atoms with Crippen molar-refractivity contribution in [2.45, 2.75) is 33.6 Å². The summed E-state index contributed by atoms with van der Waals surface area (Å²) in [6, 6.07) is 16.6. The van der Waals surface area contributed by atoms with Crippen LogP contribution in [-0.4, -0.2) is 12.5 Å². The topological polar surface area (TPSA) is 29.1 Å². The summed E-state index contributed by atoms with van der Waals surface area (Å²) in [7, 11) is 0. The fourth-order valence-electron chi connectivity index (χ4n) is 2.61. The van der Waals surface area contributed by atoms with Gasteiger partial charge in [-0.3, -0.25) is 4.79 Å². The Morgan fingerprint density at radius 3 is 1.91 bits per heavy atom. The van der Waals surface area contributed by atoms with Crippen molar-refractivity contribution in [3.8, 4) is 0 Å². The molecule has 22 heavy (non-hydrogen) atoms. The van der Waals surface area contributed by atoms with Gasteiger partial charge in [-0.1, -0.05) is 48.5 Å². The Bertz CT molecular complexity index is 612. The third-order valence-corrected chi connectivity index (χ3v) is 4.32. The second kappa shape index (κ2) is 7.79. The zero-order valence-electron chi connectivity index (χ0n) is 13.7. The third-order valence-electron chi connectivity index (χ3n) is 4.32. The molecule has 1 amide bonds.